The molecular weight excluding hydrogens is 258 g/mol. The van der Waals surface area contributed by atoms with E-state index < -0.39 is 35.1 Å². The lowest BCUT2D eigenvalue weighted by molar-refractivity contribution is -0.142. The summed E-state index contributed by atoms with van der Waals surface area (Å²) in [5.41, 5.74) is 0. The summed E-state index contributed by atoms with van der Waals surface area (Å²) in [5, 5.41) is 8.78. The number of carboxylic acids is 1. The molecule has 1 heterocycles. The molecule has 100 valence electrons. The van der Waals surface area contributed by atoms with E-state index in [2.05, 4.69) is 0 Å². The number of nitrogens with one attached hydrogen (secondary N) is 1. The Balaban J connectivity index is 2.62. The van der Waals surface area contributed by atoms with Crippen LogP contribution in [0, 0.1) is 5.92 Å². The van der Waals surface area contributed by atoms with Gasteiger partial charge in [-0.15, -0.1) is 0 Å². The van der Waals surface area contributed by atoms with Crippen molar-refractivity contribution in [1.29, 1.82) is 0 Å². The van der Waals surface area contributed by atoms with Crippen LogP contribution < -0.4 is 4.72 Å². The molecule has 1 unspecified atom stereocenters. The minimum atomic E-state index is -4.00. The highest BCUT2D eigenvalue weighted by Gasteiger charge is 2.32. The lowest BCUT2D eigenvalue weighted by Crippen LogP contribution is -2.48. The average molecular weight is 272 g/mol. The number of rotatable bonds is 5. The van der Waals surface area contributed by atoms with Crippen LogP contribution in [-0.4, -0.2) is 49.9 Å². The van der Waals surface area contributed by atoms with Crippen molar-refractivity contribution in [2.45, 2.75) is 19.3 Å². The van der Waals surface area contributed by atoms with Crippen LogP contribution in [0.3, 0.4) is 0 Å². The molecule has 0 aromatic carbocycles. The number of piperidine rings is 1. The van der Waals surface area contributed by atoms with Gasteiger partial charge in [-0.1, -0.05) is 0 Å². The van der Waals surface area contributed by atoms with E-state index in [1.54, 1.807) is 4.72 Å². The number of hydrogen-bond acceptors (Lipinski definition) is 3. The lowest BCUT2D eigenvalue weighted by atomic mass is 10.0. The fourth-order valence-corrected chi connectivity index (χ4v) is 2.89. The first-order valence-electron chi connectivity index (χ1n) is 5.08. The molecule has 9 heteroatoms. The van der Waals surface area contributed by atoms with E-state index in [-0.39, 0.29) is 13.1 Å². The molecule has 0 radical (unpaired) electrons. The van der Waals surface area contributed by atoms with Gasteiger partial charge in [-0.05, 0) is 12.8 Å². The van der Waals surface area contributed by atoms with Crippen LogP contribution in [0.2, 0.25) is 0 Å². The molecule has 1 aliphatic heterocycles. The van der Waals surface area contributed by atoms with Crippen molar-refractivity contribution in [3.05, 3.63) is 0 Å². The molecule has 0 saturated carbocycles. The molecule has 0 amide bonds. The number of aliphatic carboxylic acids is 1. The predicted octanol–water partition coefficient (Wildman–Crippen LogP) is -0.117. The average Bonchev–Trinajstić information content (AvgIpc) is 2.27. The Hall–Kier alpha value is -0.800. The quantitative estimate of drug-likeness (QED) is 0.730. The Morgan fingerprint density at radius 2 is 2.18 bits per heavy atom. The second kappa shape index (κ2) is 5.69. The van der Waals surface area contributed by atoms with Gasteiger partial charge >= 0.3 is 5.97 Å². The van der Waals surface area contributed by atoms with Crippen molar-refractivity contribution in [1.82, 2.24) is 9.03 Å². The van der Waals surface area contributed by atoms with Crippen LogP contribution in [0.25, 0.3) is 0 Å². The van der Waals surface area contributed by atoms with Gasteiger partial charge in [-0.2, -0.15) is 17.4 Å². The van der Waals surface area contributed by atoms with E-state index in [4.69, 9.17) is 5.11 Å². The van der Waals surface area contributed by atoms with E-state index in [0.717, 1.165) is 4.31 Å². The van der Waals surface area contributed by atoms with Gasteiger partial charge in [0.15, 0.2) is 0 Å². The SMILES string of the molecule is O=C(O)C1CCCN(S(=O)(=O)NCC(F)F)C1. The molecular formula is C8H14F2N2O4S. The van der Waals surface area contributed by atoms with Gasteiger partial charge in [0, 0.05) is 13.1 Å². The summed E-state index contributed by atoms with van der Waals surface area (Å²) in [4.78, 5) is 10.7. The molecule has 6 nitrogen and oxygen atoms in total. The van der Waals surface area contributed by atoms with Gasteiger partial charge in [-0.3, -0.25) is 4.79 Å². The fraction of sp³-hybridized carbons (Fsp3) is 0.875. The highest BCUT2D eigenvalue weighted by molar-refractivity contribution is 7.87. The van der Waals surface area contributed by atoms with E-state index in [0.29, 0.717) is 12.8 Å². The molecule has 0 aromatic heterocycles. The Morgan fingerprint density at radius 1 is 1.53 bits per heavy atom. The number of carboxylic acid groups (broad SMARTS) is 1. The van der Waals surface area contributed by atoms with Crippen molar-refractivity contribution in [2.75, 3.05) is 19.6 Å². The minimum absolute atomic E-state index is 0.155. The topological polar surface area (TPSA) is 86.7 Å². The fourth-order valence-electron chi connectivity index (χ4n) is 1.62. The predicted molar refractivity (Wildman–Crippen MR) is 54.9 cm³/mol. The molecule has 1 aliphatic rings. The number of carbonyl (C=O) groups is 1. The van der Waals surface area contributed by atoms with Gasteiger partial charge < -0.3 is 5.11 Å². The summed E-state index contributed by atoms with van der Waals surface area (Å²) in [7, 11) is -4.00. The van der Waals surface area contributed by atoms with Crippen molar-refractivity contribution in [3.63, 3.8) is 0 Å². The summed E-state index contributed by atoms with van der Waals surface area (Å²) in [6.07, 6.45) is -1.97. The second-order valence-electron chi connectivity index (χ2n) is 3.78. The van der Waals surface area contributed by atoms with Crippen LogP contribution in [0.4, 0.5) is 8.78 Å². The normalized spacial score (nSPS) is 22.9. The van der Waals surface area contributed by atoms with E-state index in [1.165, 1.54) is 0 Å². The summed E-state index contributed by atoms with van der Waals surface area (Å²) in [6.45, 7) is -0.979. The Kier molecular flexibility index (Phi) is 4.78. The molecule has 1 fully saturated rings. The minimum Gasteiger partial charge on any atom is -0.481 e. The van der Waals surface area contributed by atoms with Crippen LogP contribution in [0.1, 0.15) is 12.8 Å². The summed E-state index contributed by atoms with van der Waals surface area (Å²) in [6, 6.07) is 0. The van der Waals surface area contributed by atoms with Crippen molar-refractivity contribution in [3.8, 4) is 0 Å². The number of hydrogen-bond donors (Lipinski definition) is 2. The van der Waals surface area contributed by atoms with Gasteiger partial charge in [0.1, 0.15) is 0 Å². The standard InChI is InChI=1S/C8H14F2N2O4S/c9-7(10)4-11-17(15,16)12-3-1-2-6(5-12)8(13)14/h6-7,11H,1-5H2,(H,13,14). The first kappa shape index (κ1) is 14.3. The number of halogens is 2. The van der Waals surface area contributed by atoms with E-state index >= 15 is 0 Å². The Bertz CT molecular complexity index is 374. The molecule has 0 aliphatic carbocycles. The maximum absolute atomic E-state index is 11.9. The molecule has 2 N–H and O–H groups in total. The first-order chi connectivity index (χ1) is 7.83. The Labute approximate surface area is 97.8 Å². The zero-order valence-electron chi connectivity index (χ0n) is 8.97. The largest absolute Gasteiger partial charge is 0.481 e. The molecule has 0 spiro atoms. The van der Waals surface area contributed by atoms with Crippen LogP contribution in [0.15, 0.2) is 0 Å². The van der Waals surface area contributed by atoms with Gasteiger partial charge in [0.25, 0.3) is 16.6 Å². The third-order valence-electron chi connectivity index (χ3n) is 2.49. The van der Waals surface area contributed by atoms with Crippen LogP contribution in [-0.2, 0) is 15.0 Å². The van der Waals surface area contributed by atoms with Crippen LogP contribution >= 0.6 is 0 Å². The third kappa shape index (κ3) is 4.17. The molecule has 1 rings (SSSR count). The monoisotopic (exact) mass is 272 g/mol. The Morgan fingerprint density at radius 3 is 2.71 bits per heavy atom. The molecule has 1 saturated heterocycles. The lowest BCUT2D eigenvalue weighted by Gasteiger charge is -2.29. The van der Waals surface area contributed by atoms with Crippen molar-refractivity contribution < 1.29 is 27.1 Å². The van der Waals surface area contributed by atoms with Gasteiger partial charge in [0.2, 0.25) is 0 Å². The first-order valence-corrected chi connectivity index (χ1v) is 6.52. The third-order valence-corrected chi connectivity index (χ3v) is 4.04. The molecule has 0 bridgehead atoms. The maximum Gasteiger partial charge on any atom is 0.307 e. The van der Waals surface area contributed by atoms with E-state index in [1.807, 2.05) is 0 Å². The number of nitrogens with zero attached hydrogens (tertiary/aromatic N) is 1. The van der Waals surface area contributed by atoms with Gasteiger partial charge in [0.05, 0.1) is 12.5 Å². The van der Waals surface area contributed by atoms with Gasteiger partial charge in [-0.25, -0.2) is 8.78 Å². The second-order valence-corrected chi connectivity index (χ2v) is 5.54. The van der Waals surface area contributed by atoms with Crippen molar-refractivity contribution in [2.24, 2.45) is 5.92 Å². The maximum atomic E-state index is 11.9. The van der Waals surface area contributed by atoms with E-state index in [9.17, 15) is 22.0 Å². The zero-order chi connectivity index (χ0) is 13.1. The molecule has 0 aromatic rings. The highest BCUT2D eigenvalue weighted by Crippen LogP contribution is 2.18. The molecule has 17 heavy (non-hydrogen) atoms. The number of alkyl halides is 2. The summed E-state index contributed by atoms with van der Waals surface area (Å²) >= 11 is 0. The van der Waals surface area contributed by atoms with Crippen LogP contribution in [0.5, 0.6) is 0 Å². The van der Waals surface area contributed by atoms with Crippen molar-refractivity contribution >= 4 is 16.2 Å². The summed E-state index contributed by atoms with van der Waals surface area (Å²) < 4.78 is 49.5. The highest BCUT2D eigenvalue weighted by atomic mass is 32.2. The summed E-state index contributed by atoms with van der Waals surface area (Å²) in [5.74, 6) is -1.84. The molecule has 1 atom stereocenters. The smallest absolute Gasteiger partial charge is 0.307 e. The zero-order valence-corrected chi connectivity index (χ0v) is 9.79.